The number of carbonyl (C=O) groups excluding carboxylic acids is 1. The Kier molecular flexibility index (Phi) is 3.85. The van der Waals surface area contributed by atoms with Crippen molar-refractivity contribution in [2.24, 2.45) is 0 Å². The minimum absolute atomic E-state index is 0.00909. The first-order valence-electron chi connectivity index (χ1n) is 5.49. The van der Waals surface area contributed by atoms with Gasteiger partial charge in [-0.3, -0.25) is 14.9 Å². The van der Waals surface area contributed by atoms with Crippen molar-refractivity contribution in [1.29, 1.82) is 0 Å². The highest BCUT2D eigenvalue weighted by Gasteiger charge is 2.03. The molecular weight excluding hydrogens is 216 g/mol. The molecule has 0 fully saturated rings. The summed E-state index contributed by atoms with van der Waals surface area (Å²) in [6, 6.07) is 7.55. The van der Waals surface area contributed by atoms with Gasteiger partial charge in [-0.15, -0.1) is 0 Å². The average molecular weight is 230 g/mol. The molecule has 0 unspecified atom stereocenters. The summed E-state index contributed by atoms with van der Waals surface area (Å²) in [4.78, 5) is 15.7. The fraction of sp³-hybridized carbons (Fsp3) is 0.250. The number of H-pyrrole nitrogens is 1. The minimum Gasteiger partial charge on any atom is -0.355 e. The van der Waals surface area contributed by atoms with Crippen LogP contribution in [-0.4, -0.2) is 27.6 Å². The molecule has 2 rings (SSSR count). The van der Waals surface area contributed by atoms with E-state index in [4.69, 9.17) is 0 Å². The standard InChI is InChI=1S/C12H14N4O/c17-12(9-11-5-8-15-16-11)14-7-4-10-3-1-2-6-13-10/h1-3,5-6,8H,4,7,9H2,(H,14,17)(H,15,16). The maximum absolute atomic E-state index is 11.5. The molecule has 0 aliphatic carbocycles. The Morgan fingerprint density at radius 1 is 1.29 bits per heavy atom. The smallest absolute Gasteiger partial charge is 0.226 e. The van der Waals surface area contributed by atoms with Gasteiger partial charge in [-0.05, 0) is 18.2 Å². The summed E-state index contributed by atoms with van der Waals surface area (Å²) in [5.74, 6) is -0.00909. The monoisotopic (exact) mass is 230 g/mol. The van der Waals surface area contributed by atoms with Gasteiger partial charge >= 0.3 is 0 Å². The maximum atomic E-state index is 11.5. The van der Waals surface area contributed by atoms with Crippen molar-refractivity contribution in [3.8, 4) is 0 Å². The van der Waals surface area contributed by atoms with Crippen LogP contribution in [0.4, 0.5) is 0 Å². The molecule has 0 aliphatic heterocycles. The number of hydrogen-bond acceptors (Lipinski definition) is 3. The molecule has 2 aromatic rings. The molecule has 1 amide bonds. The third kappa shape index (κ3) is 3.71. The summed E-state index contributed by atoms with van der Waals surface area (Å²) in [6.07, 6.45) is 4.47. The van der Waals surface area contributed by atoms with E-state index in [2.05, 4.69) is 20.5 Å². The number of hydrogen-bond donors (Lipinski definition) is 2. The van der Waals surface area contributed by atoms with Crippen molar-refractivity contribution in [3.05, 3.63) is 48.0 Å². The lowest BCUT2D eigenvalue weighted by Crippen LogP contribution is -2.27. The summed E-state index contributed by atoms with van der Waals surface area (Å²) < 4.78 is 0. The first-order chi connectivity index (χ1) is 8.34. The molecule has 5 heteroatoms. The highest BCUT2D eigenvalue weighted by molar-refractivity contribution is 5.77. The SMILES string of the molecule is O=C(Cc1ccn[nH]1)NCCc1ccccn1. The van der Waals surface area contributed by atoms with Crippen LogP contribution in [0.2, 0.25) is 0 Å². The van der Waals surface area contributed by atoms with Gasteiger partial charge in [-0.1, -0.05) is 6.07 Å². The highest BCUT2D eigenvalue weighted by atomic mass is 16.1. The quantitative estimate of drug-likeness (QED) is 0.794. The van der Waals surface area contributed by atoms with Gasteiger partial charge < -0.3 is 5.32 Å². The number of nitrogens with one attached hydrogen (secondary N) is 2. The molecule has 88 valence electrons. The van der Waals surface area contributed by atoms with E-state index in [1.807, 2.05) is 18.2 Å². The van der Waals surface area contributed by atoms with Crippen molar-refractivity contribution >= 4 is 5.91 Å². The summed E-state index contributed by atoms with van der Waals surface area (Å²) >= 11 is 0. The molecule has 17 heavy (non-hydrogen) atoms. The van der Waals surface area contributed by atoms with E-state index in [1.165, 1.54) is 0 Å². The Hall–Kier alpha value is -2.17. The van der Waals surface area contributed by atoms with Gasteiger partial charge in [0.15, 0.2) is 0 Å². The molecule has 0 saturated carbocycles. The lowest BCUT2D eigenvalue weighted by atomic mass is 10.2. The Labute approximate surface area is 99.3 Å². The lowest BCUT2D eigenvalue weighted by Gasteiger charge is -2.03. The summed E-state index contributed by atoms with van der Waals surface area (Å²) in [5.41, 5.74) is 1.80. The fourth-order valence-electron chi connectivity index (χ4n) is 1.49. The van der Waals surface area contributed by atoms with E-state index in [0.29, 0.717) is 13.0 Å². The number of carbonyl (C=O) groups is 1. The number of pyridine rings is 1. The fourth-order valence-corrected chi connectivity index (χ4v) is 1.49. The Morgan fingerprint density at radius 2 is 2.24 bits per heavy atom. The molecule has 2 aromatic heterocycles. The van der Waals surface area contributed by atoms with E-state index >= 15 is 0 Å². The second kappa shape index (κ2) is 5.79. The van der Waals surface area contributed by atoms with Crippen LogP contribution in [0.3, 0.4) is 0 Å². The van der Waals surface area contributed by atoms with Crippen molar-refractivity contribution in [2.75, 3.05) is 6.54 Å². The first-order valence-corrected chi connectivity index (χ1v) is 5.49. The number of nitrogens with zero attached hydrogens (tertiary/aromatic N) is 2. The van der Waals surface area contributed by atoms with Gasteiger partial charge in [0.05, 0.1) is 6.42 Å². The van der Waals surface area contributed by atoms with Gasteiger partial charge in [0.25, 0.3) is 0 Å². The zero-order valence-corrected chi connectivity index (χ0v) is 9.39. The molecular formula is C12H14N4O. The van der Waals surface area contributed by atoms with Gasteiger partial charge in [-0.25, -0.2) is 0 Å². The third-order valence-electron chi connectivity index (χ3n) is 2.34. The molecule has 2 heterocycles. The summed E-state index contributed by atoms with van der Waals surface area (Å²) in [6.45, 7) is 0.601. The van der Waals surface area contributed by atoms with E-state index in [-0.39, 0.29) is 5.91 Å². The lowest BCUT2D eigenvalue weighted by molar-refractivity contribution is -0.120. The van der Waals surface area contributed by atoms with Crippen LogP contribution < -0.4 is 5.32 Å². The molecule has 0 aliphatic rings. The van der Waals surface area contributed by atoms with Crippen LogP contribution in [-0.2, 0) is 17.6 Å². The summed E-state index contributed by atoms with van der Waals surface area (Å²) in [7, 11) is 0. The first kappa shape index (κ1) is 11.3. The Bertz CT molecular complexity index is 453. The Morgan fingerprint density at radius 3 is 2.94 bits per heavy atom. The summed E-state index contributed by atoms with van der Waals surface area (Å²) in [5, 5.41) is 9.38. The van der Waals surface area contributed by atoms with Crippen LogP contribution in [0.5, 0.6) is 0 Å². The molecule has 0 saturated heterocycles. The zero-order valence-electron chi connectivity index (χ0n) is 9.39. The van der Waals surface area contributed by atoms with E-state index in [1.54, 1.807) is 18.5 Å². The van der Waals surface area contributed by atoms with E-state index < -0.39 is 0 Å². The molecule has 0 radical (unpaired) electrons. The Balaban J connectivity index is 1.70. The molecule has 5 nitrogen and oxygen atoms in total. The highest BCUT2D eigenvalue weighted by Crippen LogP contribution is 1.95. The van der Waals surface area contributed by atoms with Crippen LogP contribution in [0, 0.1) is 0 Å². The van der Waals surface area contributed by atoms with Crippen molar-refractivity contribution in [3.63, 3.8) is 0 Å². The largest absolute Gasteiger partial charge is 0.355 e. The van der Waals surface area contributed by atoms with Crippen molar-refractivity contribution in [1.82, 2.24) is 20.5 Å². The molecule has 0 bridgehead atoms. The topological polar surface area (TPSA) is 70.7 Å². The minimum atomic E-state index is -0.00909. The maximum Gasteiger partial charge on any atom is 0.226 e. The zero-order chi connectivity index (χ0) is 11.9. The molecule has 0 atom stereocenters. The normalized spacial score (nSPS) is 10.1. The third-order valence-corrected chi connectivity index (χ3v) is 2.34. The van der Waals surface area contributed by atoms with Crippen LogP contribution in [0.15, 0.2) is 36.7 Å². The van der Waals surface area contributed by atoms with Crippen molar-refractivity contribution < 1.29 is 4.79 Å². The number of aromatic nitrogens is 3. The predicted octanol–water partition coefficient (Wildman–Crippen LogP) is 0.706. The second-order valence-electron chi connectivity index (χ2n) is 3.68. The van der Waals surface area contributed by atoms with Gasteiger partial charge in [0.1, 0.15) is 0 Å². The van der Waals surface area contributed by atoms with Crippen LogP contribution in [0.25, 0.3) is 0 Å². The number of amides is 1. The predicted molar refractivity (Wildman–Crippen MR) is 63.2 cm³/mol. The van der Waals surface area contributed by atoms with Crippen LogP contribution >= 0.6 is 0 Å². The van der Waals surface area contributed by atoms with Gasteiger partial charge in [0.2, 0.25) is 5.91 Å². The second-order valence-corrected chi connectivity index (χ2v) is 3.68. The van der Waals surface area contributed by atoms with Crippen LogP contribution in [0.1, 0.15) is 11.4 Å². The number of aromatic amines is 1. The van der Waals surface area contributed by atoms with E-state index in [0.717, 1.165) is 17.8 Å². The van der Waals surface area contributed by atoms with E-state index in [9.17, 15) is 4.79 Å². The molecule has 0 spiro atoms. The van der Waals surface area contributed by atoms with Crippen molar-refractivity contribution in [2.45, 2.75) is 12.8 Å². The van der Waals surface area contributed by atoms with Gasteiger partial charge in [-0.2, -0.15) is 5.10 Å². The van der Waals surface area contributed by atoms with Gasteiger partial charge in [0, 0.05) is 36.7 Å². The average Bonchev–Trinajstić information content (AvgIpc) is 2.83. The number of rotatable bonds is 5. The molecule has 0 aromatic carbocycles. The molecule has 2 N–H and O–H groups in total.